The summed E-state index contributed by atoms with van der Waals surface area (Å²) in [6.45, 7) is 3.61. The number of furan rings is 1. The number of nitrogens with zero attached hydrogens (tertiary/aromatic N) is 3. The first-order valence-corrected chi connectivity index (χ1v) is 8.05. The van der Waals surface area contributed by atoms with E-state index in [2.05, 4.69) is 9.97 Å². The zero-order valence-corrected chi connectivity index (χ0v) is 13.5. The van der Waals surface area contributed by atoms with Crippen LogP contribution in [0.3, 0.4) is 0 Å². The fourth-order valence-electron chi connectivity index (χ4n) is 3.35. The molecular weight excluding hydrogens is 310 g/mol. The number of rotatable bonds is 3. The Hall–Kier alpha value is -2.41. The van der Waals surface area contributed by atoms with Crippen LogP contribution in [0, 0.1) is 6.92 Å². The number of aromatic nitrogens is 2. The van der Waals surface area contributed by atoms with Gasteiger partial charge in [0, 0.05) is 30.8 Å². The number of amides is 1. The number of carbonyl (C=O) groups excluding carboxylic acids is 1. The lowest BCUT2D eigenvalue weighted by Gasteiger charge is -2.52. The molecular formula is C17H19N3O4. The summed E-state index contributed by atoms with van der Waals surface area (Å²) in [4.78, 5) is 22.4. The Bertz CT molecular complexity index is 724. The summed E-state index contributed by atoms with van der Waals surface area (Å²) in [5.41, 5.74) is 0.538. The van der Waals surface area contributed by atoms with Crippen LogP contribution in [-0.4, -0.2) is 52.2 Å². The minimum Gasteiger partial charge on any atom is -0.473 e. The zero-order chi connectivity index (χ0) is 16.6. The minimum atomic E-state index is -0.318. The van der Waals surface area contributed by atoms with Gasteiger partial charge in [0.25, 0.3) is 5.91 Å². The third-order valence-electron chi connectivity index (χ3n) is 4.58. The molecule has 2 saturated heterocycles. The van der Waals surface area contributed by atoms with Crippen molar-refractivity contribution in [3.8, 4) is 5.88 Å². The Morgan fingerprint density at radius 2 is 2.29 bits per heavy atom. The molecule has 126 valence electrons. The molecule has 4 heterocycles. The summed E-state index contributed by atoms with van der Waals surface area (Å²) >= 11 is 0. The van der Waals surface area contributed by atoms with Crippen molar-refractivity contribution in [3.05, 3.63) is 42.2 Å². The van der Waals surface area contributed by atoms with E-state index in [4.69, 9.17) is 13.9 Å². The van der Waals surface area contributed by atoms with Crippen LogP contribution in [0.1, 0.15) is 29.0 Å². The molecule has 2 aliphatic rings. The number of aryl methyl sites for hydroxylation is 1. The van der Waals surface area contributed by atoms with Crippen molar-refractivity contribution < 1.29 is 18.7 Å². The predicted octanol–water partition coefficient (Wildman–Crippen LogP) is 1.83. The molecule has 1 atom stereocenters. The summed E-state index contributed by atoms with van der Waals surface area (Å²) in [6, 6.07) is 1.80. The van der Waals surface area contributed by atoms with E-state index >= 15 is 0 Å². The van der Waals surface area contributed by atoms with E-state index in [1.54, 1.807) is 35.8 Å². The van der Waals surface area contributed by atoms with Crippen molar-refractivity contribution >= 4 is 5.91 Å². The second-order valence-corrected chi connectivity index (χ2v) is 6.40. The van der Waals surface area contributed by atoms with Gasteiger partial charge in [0.15, 0.2) is 5.76 Å². The summed E-state index contributed by atoms with van der Waals surface area (Å²) < 4.78 is 17.1. The molecule has 2 aliphatic heterocycles. The number of carbonyl (C=O) groups is 1. The SMILES string of the molecule is Cc1ccoc1C(=O)N1CC2(CC(Oc3cnccn3)CCO2)C1. The van der Waals surface area contributed by atoms with E-state index in [1.807, 2.05) is 6.92 Å². The van der Waals surface area contributed by atoms with E-state index in [9.17, 15) is 4.79 Å². The van der Waals surface area contributed by atoms with Crippen molar-refractivity contribution in [3.63, 3.8) is 0 Å². The molecule has 0 saturated carbocycles. The van der Waals surface area contributed by atoms with Gasteiger partial charge in [-0.1, -0.05) is 0 Å². The fraction of sp³-hybridized carbons (Fsp3) is 0.471. The Balaban J connectivity index is 1.37. The van der Waals surface area contributed by atoms with Gasteiger partial charge < -0.3 is 18.8 Å². The van der Waals surface area contributed by atoms with Crippen molar-refractivity contribution in [1.29, 1.82) is 0 Å². The molecule has 0 radical (unpaired) electrons. The molecule has 7 heteroatoms. The summed E-state index contributed by atoms with van der Waals surface area (Å²) in [5.74, 6) is 0.856. The van der Waals surface area contributed by atoms with Gasteiger partial charge in [-0.25, -0.2) is 4.98 Å². The highest BCUT2D eigenvalue weighted by molar-refractivity contribution is 5.93. The van der Waals surface area contributed by atoms with Gasteiger partial charge in [-0.05, 0) is 13.0 Å². The predicted molar refractivity (Wildman–Crippen MR) is 83.7 cm³/mol. The van der Waals surface area contributed by atoms with Crippen LogP contribution in [-0.2, 0) is 4.74 Å². The molecule has 2 fully saturated rings. The van der Waals surface area contributed by atoms with Gasteiger partial charge in [0.05, 0.1) is 32.2 Å². The van der Waals surface area contributed by atoms with Gasteiger partial charge in [-0.3, -0.25) is 9.78 Å². The first kappa shape index (κ1) is 15.1. The third kappa shape index (κ3) is 2.75. The van der Waals surface area contributed by atoms with Gasteiger partial charge in [-0.15, -0.1) is 0 Å². The maximum absolute atomic E-state index is 12.4. The lowest BCUT2D eigenvalue weighted by atomic mass is 9.84. The monoisotopic (exact) mass is 329 g/mol. The molecule has 0 aromatic carbocycles. The van der Waals surface area contributed by atoms with Gasteiger partial charge in [0.1, 0.15) is 11.7 Å². The number of hydrogen-bond donors (Lipinski definition) is 0. The van der Waals surface area contributed by atoms with E-state index in [1.165, 1.54) is 0 Å². The van der Waals surface area contributed by atoms with E-state index in [0.717, 1.165) is 18.4 Å². The molecule has 4 rings (SSSR count). The minimum absolute atomic E-state index is 0.0260. The van der Waals surface area contributed by atoms with E-state index in [0.29, 0.717) is 31.3 Å². The summed E-state index contributed by atoms with van der Waals surface area (Å²) in [6.07, 6.45) is 7.95. The molecule has 0 bridgehead atoms. The maximum Gasteiger partial charge on any atom is 0.290 e. The average Bonchev–Trinajstić information content (AvgIpc) is 2.99. The summed E-state index contributed by atoms with van der Waals surface area (Å²) in [7, 11) is 0. The van der Waals surface area contributed by atoms with Crippen LogP contribution in [0.5, 0.6) is 5.88 Å². The summed E-state index contributed by atoms with van der Waals surface area (Å²) in [5, 5.41) is 0. The molecule has 7 nitrogen and oxygen atoms in total. The average molecular weight is 329 g/mol. The standard InChI is InChI=1S/C17H19N3O4/c1-12-2-6-22-15(12)16(21)20-10-17(11-20)8-13(3-7-23-17)24-14-9-18-4-5-19-14/h2,4-6,9,13H,3,7-8,10-11H2,1H3. The fourth-order valence-corrected chi connectivity index (χ4v) is 3.35. The molecule has 1 amide bonds. The number of likely N-dealkylation sites (tertiary alicyclic amines) is 1. The first-order chi connectivity index (χ1) is 11.7. The Kier molecular flexibility index (Phi) is 3.72. The highest BCUT2D eigenvalue weighted by Gasteiger charge is 2.50. The molecule has 0 N–H and O–H groups in total. The van der Waals surface area contributed by atoms with Crippen LogP contribution < -0.4 is 4.74 Å². The third-order valence-corrected chi connectivity index (χ3v) is 4.58. The van der Waals surface area contributed by atoms with Crippen molar-refractivity contribution in [2.24, 2.45) is 0 Å². The highest BCUT2D eigenvalue weighted by atomic mass is 16.5. The normalized spacial score (nSPS) is 22.2. The van der Waals surface area contributed by atoms with Crippen LogP contribution in [0.25, 0.3) is 0 Å². The smallest absolute Gasteiger partial charge is 0.290 e. The molecule has 2 aromatic rings. The Labute approximate surface area is 139 Å². The van der Waals surface area contributed by atoms with Crippen LogP contribution >= 0.6 is 0 Å². The topological polar surface area (TPSA) is 77.7 Å². The number of ether oxygens (including phenoxy) is 2. The Morgan fingerprint density at radius 3 is 3.00 bits per heavy atom. The lowest BCUT2D eigenvalue weighted by molar-refractivity contribution is -0.174. The number of hydrogen-bond acceptors (Lipinski definition) is 6. The maximum atomic E-state index is 12.4. The van der Waals surface area contributed by atoms with Gasteiger partial charge >= 0.3 is 0 Å². The largest absolute Gasteiger partial charge is 0.473 e. The molecule has 2 aromatic heterocycles. The highest BCUT2D eigenvalue weighted by Crippen LogP contribution is 2.36. The van der Waals surface area contributed by atoms with Crippen molar-refractivity contribution in [2.75, 3.05) is 19.7 Å². The molecule has 1 spiro atoms. The molecule has 0 aliphatic carbocycles. The van der Waals surface area contributed by atoms with Crippen molar-refractivity contribution in [1.82, 2.24) is 14.9 Å². The molecule has 1 unspecified atom stereocenters. The van der Waals surface area contributed by atoms with E-state index in [-0.39, 0.29) is 17.6 Å². The lowest BCUT2D eigenvalue weighted by Crippen LogP contribution is -2.67. The second-order valence-electron chi connectivity index (χ2n) is 6.40. The second kappa shape index (κ2) is 5.90. The van der Waals surface area contributed by atoms with Gasteiger partial charge in [-0.2, -0.15) is 0 Å². The van der Waals surface area contributed by atoms with Gasteiger partial charge in [0.2, 0.25) is 5.88 Å². The van der Waals surface area contributed by atoms with Crippen LogP contribution in [0.15, 0.2) is 35.3 Å². The van der Waals surface area contributed by atoms with Crippen molar-refractivity contribution in [2.45, 2.75) is 31.5 Å². The first-order valence-electron chi connectivity index (χ1n) is 8.05. The zero-order valence-electron chi connectivity index (χ0n) is 13.5. The quantitative estimate of drug-likeness (QED) is 0.855. The van der Waals surface area contributed by atoms with Crippen LogP contribution in [0.4, 0.5) is 0 Å². The molecule has 24 heavy (non-hydrogen) atoms. The van der Waals surface area contributed by atoms with Crippen LogP contribution in [0.2, 0.25) is 0 Å². The van der Waals surface area contributed by atoms with E-state index < -0.39 is 0 Å². The Morgan fingerprint density at radius 1 is 1.42 bits per heavy atom.